The van der Waals surface area contributed by atoms with E-state index >= 15 is 0 Å². The van der Waals surface area contributed by atoms with Crippen LogP contribution in [0.1, 0.15) is 5.56 Å². The van der Waals surface area contributed by atoms with Gasteiger partial charge >= 0.3 is 6.09 Å². The van der Waals surface area contributed by atoms with Crippen LogP contribution in [-0.4, -0.2) is 14.2 Å². The monoisotopic (exact) mass is 287 g/mol. The lowest BCUT2D eigenvalue weighted by atomic mass is 10.2. The summed E-state index contributed by atoms with van der Waals surface area (Å²) in [5.41, 5.74) is 7.32. The number of primary amides is 1. The summed E-state index contributed by atoms with van der Waals surface area (Å²) in [4.78, 5) is 10.6. The molecule has 102 valence electrons. The molecule has 0 saturated heterocycles. The Hall–Kier alpha value is -1.94. The zero-order chi connectivity index (χ0) is 14.8. The molecule has 0 aromatic heterocycles. The van der Waals surface area contributed by atoms with Crippen LogP contribution >= 0.6 is 0 Å². The van der Waals surface area contributed by atoms with Crippen molar-refractivity contribution in [2.45, 2.75) is 19.6 Å². The van der Waals surface area contributed by atoms with E-state index in [1.165, 1.54) is 0 Å². The highest BCUT2D eigenvalue weighted by atomic mass is 28.3. The number of benzene rings is 1. The minimum Gasteiger partial charge on any atom is -0.406 e. The molecule has 0 atom stereocenters. The fourth-order valence-corrected chi connectivity index (χ4v) is 1.64. The highest BCUT2D eigenvalue weighted by Crippen LogP contribution is 2.27. The Morgan fingerprint density at radius 3 is 2.32 bits per heavy atom. The molecule has 1 aromatic rings. The molecule has 19 heavy (non-hydrogen) atoms. The maximum absolute atomic E-state index is 13.5. The molecule has 0 radical (unpaired) electrons. The summed E-state index contributed by atoms with van der Waals surface area (Å²) in [7, 11) is -1.82. The van der Waals surface area contributed by atoms with Gasteiger partial charge in [-0.15, -0.1) is 5.54 Å². The predicted molar refractivity (Wildman–Crippen MR) is 66.8 cm³/mol. The van der Waals surface area contributed by atoms with Crippen LogP contribution in [0.3, 0.4) is 0 Å². The summed E-state index contributed by atoms with van der Waals surface area (Å²) in [5, 5.41) is 0. The summed E-state index contributed by atoms with van der Waals surface area (Å²) in [5.74, 6) is -3.07. The lowest BCUT2D eigenvalue weighted by molar-refractivity contribution is 0.207. The molecule has 0 aliphatic carbocycles. The summed E-state index contributed by atoms with van der Waals surface area (Å²) in [6, 6.07) is 0.670. The lowest BCUT2D eigenvalue weighted by Gasteiger charge is -2.08. The van der Waals surface area contributed by atoms with Crippen LogP contribution in [0.15, 0.2) is 6.07 Å². The number of nitrogens with two attached hydrogens (primary N) is 1. The summed E-state index contributed by atoms with van der Waals surface area (Å²) in [6.07, 6.45) is -1.33. The van der Waals surface area contributed by atoms with E-state index in [4.69, 9.17) is 5.73 Å². The van der Waals surface area contributed by atoms with Crippen molar-refractivity contribution in [3.05, 3.63) is 29.1 Å². The second-order valence-corrected chi connectivity index (χ2v) is 9.53. The van der Waals surface area contributed by atoms with E-state index in [1.54, 1.807) is 0 Å². The zero-order valence-electron chi connectivity index (χ0n) is 10.6. The Kier molecular flexibility index (Phi) is 4.27. The number of rotatable bonds is 1. The van der Waals surface area contributed by atoms with Gasteiger partial charge < -0.3 is 10.5 Å². The zero-order valence-corrected chi connectivity index (χ0v) is 11.6. The third-order valence-corrected chi connectivity index (χ3v) is 2.77. The van der Waals surface area contributed by atoms with Crippen molar-refractivity contribution in [1.82, 2.24) is 0 Å². The smallest absolute Gasteiger partial charge is 0.406 e. The first-order chi connectivity index (χ1) is 8.61. The summed E-state index contributed by atoms with van der Waals surface area (Å²) in [6.45, 7) is 5.72. The SMILES string of the molecule is C[Si](C)(C)C#Cc1cc(F)c(F)c(F)c1OC(N)=O. The molecular weight excluding hydrogens is 275 g/mol. The van der Waals surface area contributed by atoms with Crippen molar-refractivity contribution in [2.24, 2.45) is 5.73 Å². The van der Waals surface area contributed by atoms with E-state index < -0.39 is 37.4 Å². The second-order valence-electron chi connectivity index (χ2n) is 4.78. The van der Waals surface area contributed by atoms with Crippen LogP contribution in [0.25, 0.3) is 0 Å². The van der Waals surface area contributed by atoms with Gasteiger partial charge in [-0.25, -0.2) is 13.6 Å². The standard InChI is InChI=1S/C12H12F3NO2Si/c1-19(2,3)5-4-7-6-8(13)9(14)10(15)11(7)18-12(16)17/h6H,1-3H3,(H2,16,17). The molecule has 0 aliphatic rings. The van der Waals surface area contributed by atoms with Crippen LogP contribution in [0.2, 0.25) is 19.6 Å². The Bertz CT molecular complexity index is 585. The number of hydrogen-bond acceptors (Lipinski definition) is 2. The van der Waals surface area contributed by atoms with Crippen molar-refractivity contribution in [3.8, 4) is 17.2 Å². The van der Waals surface area contributed by atoms with E-state index in [2.05, 4.69) is 16.2 Å². The van der Waals surface area contributed by atoms with Gasteiger partial charge in [-0.05, 0) is 6.07 Å². The first kappa shape index (κ1) is 15.1. The van der Waals surface area contributed by atoms with Gasteiger partial charge in [0.1, 0.15) is 8.07 Å². The van der Waals surface area contributed by atoms with Crippen molar-refractivity contribution in [3.63, 3.8) is 0 Å². The Balaban J connectivity index is 3.43. The molecule has 0 heterocycles. The van der Waals surface area contributed by atoms with Gasteiger partial charge in [0.2, 0.25) is 5.82 Å². The minimum atomic E-state index is -1.82. The summed E-state index contributed by atoms with van der Waals surface area (Å²) < 4.78 is 44.1. The maximum atomic E-state index is 13.5. The van der Waals surface area contributed by atoms with Gasteiger partial charge in [0.05, 0.1) is 5.56 Å². The number of carbonyl (C=O) groups is 1. The Morgan fingerprint density at radius 1 is 1.26 bits per heavy atom. The van der Waals surface area contributed by atoms with Crippen LogP contribution < -0.4 is 10.5 Å². The van der Waals surface area contributed by atoms with Gasteiger partial charge in [0.15, 0.2) is 17.4 Å². The molecule has 3 nitrogen and oxygen atoms in total. The number of carbonyl (C=O) groups excluding carboxylic acids is 1. The largest absolute Gasteiger partial charge is 0.410 e. The minimum absolute atomic E-state index is 0.252. The maximum Gasteiger partial charge on any atom is 0.410 e. The molecule has 1 aromatic carbocycles. The van der Waals surface area contributed by atoms with E-state index in [0.717, 1.165) is 0 Å². The van der Waals surface area contributed by atoms with Crippen LogP contribution in [0, 0.1) is 28.9 Å². The molecule has 1 rings (SSSR count). The topological polar surface area (TPSA) is 52.3 Å². The van der Waals surface area contributed by atoms with E-state index in [9.17, 15) is 18.0 Å². The number of ether oxygens (including phenoxy) is 1. The van der Waals surface area contributed by atoms with Gasteiger partial charge in [-0.3, -0.25) is 0 Å². The average Bonchev–Trinajstić information content (AvgIpc) is 2.26. The first-order valence-electron chi connectivity index (χ1n) is 5.30. The summed E-state index contributed by atoms with van der Waals surface area (Å²) >= 11 is 0. The quantitative estimate of drug-likeness (QED) is 0.490. The molecule has 0 unspecified atom stereocenters. The highest BCUT2D eigenvalue weighted by Gasteiger charge is 2.21. The van der Waals surface area contributed by atoms with Crippen LogP contribution in [0.4, 0.5) is 18.0 Å². The van der Waals surface area contributed by atoms with Gasteiger partial charge in [-0.1, -0.05) is 25.6 Å². The number of amides is 1. The third kappa shape index (κ3) is 4.03. The van der Waals surface area contributed by atoms with E-state index in [1.807, 2.05) is 19.6 Å². The van der Waals surface area contributed by atoms with Crippen molar-refractivity contribution >= 4 is 14.2 Å². The first-order valence-corrected chi connectivity index (χ1v) is 8.80. The van der Waals surface area contributed by atoms with Crippen molar-refractivity contribution in [2.75, 3.05) is 0 Å². The molecule has 0 fully saturated rings. The molecule has 0 saturated carbocycles. The molecule has 0 spiro atoms. The molecule has 1 amide bonds. The molecule has 7 heteroatoms. The van der Waals surface area contributed by atoms with Crippen molar-refractivity contribution < 1.29 is 22.7 Å². The average molecular weight is 287 g/mol. The normalized spacial score (nSPS) is 10.6. The van der Waals surface area contributed by atoms with Crippen LogP contribution in [-0.2, 0) is 0 Å². The molecule has 2 N–H and O–H groups in total. The van der Waals surface area contributed by atoms with E-state index in [0.29, 0.717) is 6.07 Å². The van der Waals surface area contributed by atoms with Gasteiger partial charge in [0, 0.05) is 0 Å². The molecule has 0 bridgehead atoms. The van der Waals surface area contributed by atoms with Crippen molar-refractivity contribution in [1.29, 1.82) is 0 Å². The lowest BCUT2D eigenvalue weighted by Crippen LogP contribution is -2.19. The fraction of sp³-hybridized carbons (Fsp3) is 0.250. The molecule has 0 aliphatic heterocycles. The second kappa shape index (κ2) is 5.36. The van der Waals surface area contributed by atoms with Gasteiger partial charge in [0.25, 0.3) is 0 Å². The Labute approximate surface area is 109 Å². The Morgan fingerprint density at radius 2 is 1.84 bits per heavy atom. The van der Waals surface area contributed by atoms with E-state index in [-0.39, 0.29) is 5.56 Å². The highest BCUT2D eigenvalue weighted by molar-refractivity contribution is 6.83. The van der Waals surface area contributed by atoms with Crippen LogP contribution in [0.5, 0.6) is 5.75 Å². The third-order valence-electron chi connectivity index (χ3n) is 1.89. The number of hydrogen-bond donors (Lipinski definition) is 1. The fourth-order valence-electron chi connectivity index (χ4n) is 1.13. The predicted octanol–water partition coefficient (Wildman–Crippen LogP) is 2.79. The molecular formula is C12H12F3NO2Si. The van der Waals surface area contributed by atoms with Gasteiger partial charge in [-0.2, -0.15) is 4.39 Å². The number of halogens is 3.